The molecule has 0 bridgehead atoms. The topological polar surface area (TPSA) is 58.6 Å². The van der Waals surface area contributed by atoms with Crippen LogP contribution >= 0.6 is 12.2 Å². The average molecular weight is 303 g/mol. The number of aromatic hydroxyl groups is 1. The smallest absolute Gasteiger partial charge is 0.294 e. The Morgan fingerprint density at radius 2 is 2.05 bits per heavy atom. The minimum atomic E-state index is -0.342. The van der Waals surface area contributed by atoms with Gasteiger partial charge in [0.05, 0.1) is 0 Å². The number of thiocarbonyl (C=S) groups is 1. The predicted molar refractivity (Wildman–Crippen MR) is 85.7 cm³/mol. The lowest BCUT2D eigenvalue weighted by Crippen LogP contribution is -2.18. The van der Waals surface area contributed by atoms with Crippen LogP contribution < -0.4 is 5.32 Å². The number of phenolic OH excluding ortho intramolecular Hbond substituents is 1. The molecule has 2 rings (SSSR count). The minimum absolute atomic E-state index is 0.0688. The molecule has 1 heterocycles. The van der Waals surface area contributed by atoms with Gasteiger partial charge < -0.3 is 9.84 Å². The second-order valence-corrected chi connectivity index (χ2v) is 6.13. The Bertz CT molecular complexity index is 654. The van der Waals surface area contributed by atoms with E-state index in [1.165, 1.54) is 0 Å². The van der Waals surface area contributed by atoms with Crippen molar-refractivity contribution in [2.24, 2.45) is 0 Å². The highest BCUT2D eigenvalue weighted by molar-refractivity contribution is 7.80. The summed E-state index contributed by atoms with van der Waals surface area (Å²) in [5.41, 5.74) is 1.65. The van der Waals surface area contributed by atoms with E-state index >= 15 is 0 Å². The predicted octanol–water partition coefficient (Wildman–Crippen LogP) is 3.02. The maximum atomic E-state index is 11.4. The Morgan fingerprint density at radius 1 is 1.33 bits per heavy atom. The van der Waals surface area contributed by atoms with Gasteiger partial charge in [0.2, 0.25) is 0 Å². The molecule has 4 nitrogen and oxygen atoms in total. The van der Waals surface area contributed by atoms with Gasteiger partial charge in [-0.3, -0.25) is 10.1 Å². The summed E-state index contributed by atoms with van der Waals surface area (Å²) in [6, 6.07) is 5.39. The fourth-order valence-corrected chi connectivity index (χ4v) is 2.12. The van der Waals surface area contributed by atoms with Crippen LogP contribution in [-0.4, -0.2) is 16.2 Å². The molecule has 0 saturated carbocycles. The lowest BCUT2D eigenvalue weighted by molar-refractivity contribution is -0.116. The van der Waals surface area contributed by atoms with Crippen molar-refractivity contribution in [3.8, 4) is 5.75 Å². The van der Waals surface area contributed by atoms with E-state index in [0.29, 0.717) is 0 Å². The van der Waals surface area contributed by atoms with Crippen molar-refractivity contribution >= 4 is 29.4 Å². The largest absolute Gasteiger partial charge is 0.508 e. The Labute approximate surface area is 129 Å². The first-order chi connectivity index (χ1) is 9.77. The van der Waals surface area contributed by atoms with E-state index in [-0.39, 0.29) is 28.0 Å². The summed E-state index contributed by atoms with van der Waals surface area (Å²) in [6.45, 7) is 6.11. The number of allylic oxidation sites excluding steroid dienone is 2. The summed E-state index contributed by atoms with van der Waals surface area (Å²) in [4.78, 5) is 11.4. The van der Waals surface area contributed by atoms with Crippen LogP contribution in [0.5, 0.6) is 5.75 Å². The number of carbonyl (C=O) groups is 1. The highest BCUT2D eigenvalue weighted by Crippen LogP contribution is 2.31. The maximum absolute atomic E-state index is 11.4. The standard InChI is InChI=1S/C16H17NO3S/c1-16(2,3)11-9-10(7-8-12(11)18)5-4-6-13-14(19)17-15(21)20-13/h4-9,18H,1-3H3,(H,17,19,21). The molecule has 1 aromatic carbocycles. The number of phenols is 1. The van der Waals surface area contributed by atoms with E-state index in [1.54, 1.807) is 24.3 Å². The van der Waals surface area contributed by atoms with Gasteiger partial charge in [-0.1, -0.05) is 39.0 Å². The van der Waals surface area contributed by atoms with Crippen LogP contribution in [0.3, 0.4) is 0 Å². The molecule has 0 radical (unpaired) electrons. The lowest BCUT2D eigenvalue weighted by Gasteiger charge is -2.20. The summed E-state index contributed by atoms with van der Waals surface area (Å²) < 4.78 is 5.05. The number of hydrogen-bond donors (Lipinski definition) is 2. The van der Waals surface area contributed by atoms with Crippen molar-refractivity contribution in [1.29, 1.82) is 0 Å². The summed E-state index contributed by atoms with van der Waals surface area (Å²) in [5, 5.41) is 12.4. The average Bonchev–Trinajstić information content (AvgIpc) is 2.68. The van der Waals surface area contributed by atoms with Crippen LogP contribution in [-0.2, 0) is 14.9 Å². The van der Waals surface area contributed by atoms with Gasteiger partial charge in [0.1, 0.15) is 5.75 Å². The summed E-state index contributed by atoms with van der Waals surface area (Å²) in [7, 11) is 0. The van der Waals surface area contributed by atoms with Crippen molar-refractivity contribution in [1.82, 2.24) is 5.32 Å². The summed E-state index contributed by atoms with van der Waals surface area (Å²) in [6.07, 6.45) is 5.10. The molecule has 1 amide bonds. The van der Waals surface area contributed by atoms with Crippen molar-refractivity contribution in [3.05, 3.63) is 47.2 Å². The monoisotopic (exact) mass is 303 g/mol. The molecule has 0 atom stereocenters. The Balaban J connectivity index is 2.21. The third-order valence-electron chi connectivity index (χ3n) is 3.01. The van der Waals surface area contributed by atoms with E-state index in [0.717, 1.165) is 11.1 Å². The molecule has 0 aliphatic carbocycles. The van der Waals surface area contributed by atoms with Gasteiger partial charge in [-0.2, -0.15) is 0 Å². The zero-order chi connectivity index (χ0) is 15.6. The Kier molecular flexibility index (Phi) is 4.14. The molecule has 1 saturated heterocycles. The normalized spacial score (nSPS) is 17.4. The molecule has 1 aromatic rings. The lowest BCUT2D eigenvalue weighted by atomic mass is 9.85. The van der Waals surface area contributed by atoms with Crippen LogP contribution in [0, 0.1) is 0 Å². The van der Waals surface area contributed by atoms with Crippen molar-refractivity contribution in [2.75, 3.05) is 0 Å². The molecule has 110 valence electrons. The first-order valence-corrected chi connectivity index (χ1v) is 6.93. The highest BCUT2D eigenvalue weighted by atomic mass is 32.1. The second-order valence-electron chi connectivity index (χ2n) is 5.76. The third kappa shape index (κ3) is 3.70. The molecule has 1 aliphatic rings. The number of nitrogens with one attached hydrogen (secondary N) is 1. The first kappa shape index (κ1) is 15.3. The molecular formula is C16H17NO3S. The van der Waals surface area contributed by atoms with E-state index in [9.17, 15) is 9.90 Å². The van der Waals surface area contributed by atoms with Gasteiger partial charge >= 0.3 is 0 Å². The van der Waals surface area contributed by atoms with Gasteiger partial charge in [0.15, 0.2) is 5.76 Å². The molecule has 1 fully saturated rings. The van der Waals surface area contributed by atoms with Gasteiger partial charge in [-0.05, 0) is 47.0 Å². The minimum Gasteiger partial charge on any atom is -0.508 e. The SMILES string of the molecule is CC(C)(C)c1cc(C=CC=C2OC(=S)NC2=O)ccc1O. The van der Waals surface area contributed by atoms with E-state index in [2.05, 4.69) is 5.32 Å². The number of carbonyl (C=O) groups excluding carboxylic acids is 1. The molecular weight excluding hydrogens is 286 g/mol. The fourth-order valence-electron chi connectivity index (χ4n) is 1.94. The number of benzene rings is 1. The second kappa shape index (κ2) is 5.69. The Hall–Kier alpha value is -2.14. The van der Waals surface area contributed by atoms with Gasteiger partial charge in [-0.15, -0.1) is 0 Å². The van der Waals surface area contributed by atoms with Crippen LogP contribution in [0.4, 0.5) is 0 Å². The number of amides is 1. The van der Waals surface area contributed by atoms with Gasteiger partial charge in [0, 0.05) is 0 Å². The zero-order valence-corrected chi connectivity index (χ0v) is 13.0. The number of hydrogen-bond acceptors (Lipinski definition) is 4. The first-order valence-electron chi connectivity index (χ1n) is 6.52. The fraction of sp³-hybridized carbons (Fsp3) is 0.250. The molecule has 5 heteroatoms. The highest BCUT2D eigenvalue weighted by Gasteiger charge is 2.22. The quantitative estimate of drug-likeness (QED) is 0.651. The van der Waals surface area contributed by atoms with E-state index < -0.39 is 0 Å². The molecule has 0 unspecified atom stereocenters. The van der Waals surface area contributed by atoms with E-state index in [1.807, 2.05) is 32.9 Å². The zero-order valence-electron chi connectivity index (χ0n) is 12.1. The van der Waals surface area contributed by atoms with Crippen molar-refractivity contribution < 1.29 is 14.6 Å². The molecule has 0 aromatic heterocycles. The Morgan fingerprint density at radius 3 is 2.62 bits per heavy atom. The van der Waals surface area contributed by atoms with Crippen LogP contribution in [0.25, 0.3) is 6.08 Å². The number of rotatable bonds is 2. The number of ether oxygens (including phenoxy) is 1. The third-order valence-corrected chi connectivity index (χ3v) is 3.19. The van der Waals surface area contributed by atoms with Crippen LogP contribution in [0.15, 0.2) is 36.1 Å². The molecule has 0 spiro atoms. The van der Waals surface area contributed by atoms with Gasteiger partial charge in [-0.25, -0.2) is 0 Å². The summed E-state index contributed by atoms with van der Waals surface area (Å²) in [5.74, 6) is 0.110. The molecule has 21 heavy (non-hydrogen) atoms. The van der Waals surface area contributed by atoms with E-state index in [4.69, 9.17) is 17.0 Å². The van der Waals surface area contributed by atoms with Crippen LogP contribution in [0.1, 0.15) is 31.9 Å². The summed E-state index contributed by atoms with van der Waals surface area (Å²) >= 11 is 4.74. The van der Waals surface area contributed by atoms with Crippen LogP contribution in [0.2, 0.25) is 0 Å². The van der Waals surface area contributed by atoms with Crippen molar-refractivity contribution in [3.63, 3.8) is 0 Å². The molecule has 2 N–H and O–H groups in total. The van der Waals surface area contributed by atoms with Crippen molar-refractivity contribution in [2.45, 2.75) is 26.2 Å². The maximum Gasteiger partial charge on any atom is 0.294 e. The molecule has 1 aliphatic heterocycles. The van der Waals surface area contributed by atoms with Gasteiger partial charge in [0.25, 0.3) is 11.1 Å².